The molecule has 0 saturated heterocycles. The van der Waals surface area contributed by atoms with Gasteiger partial charge in [0, 0.05) is 41.6 Å². The van der Waals surface area contributed by atoms with Crippen LogP contribution in [-0.4, -0.2) is 27.7 Å². The van der Waals surface area contributed by atoms with Crippen LogP contribution >= 0.6 is 35.4 Å². The summed E-state index contributed by atoms with van der Waals surface area (Å²) in [5.74, 6) is 0. The highest BCUT2D eigenvalue weighted by Gasteiger charge is 2.31. The molecule has 1 aromatic carbocycles. The molecule has 0 fully saturated rings. The molecule has 2 aromatic rings. The quantitative estimate of drug-likeness (QED) is 0.602. The van der Waals surface area contributed by atoms with Crippen molar-refractivity contribution < 1.29 is 0 Å². The van der Waals surface area contributed by atoms with Crippen molar-refractivity contribution in [1.82, 2.24) is 14.8 Å². The Labute approximate surface area is 158 Å². The first-order valence-corrected chi connectivity index (χ1v) is 9.42. The van der Waals surface area contributed by atoms with E-state index in [4.69, 9.17) is 35.4 Å². The van der Waals surface area contributed by atoms with Crippen LogP contribution in [0.15, 0.2) is 36.5 Å². The fraction of sp³-hybridized carbons (Fsp3) is 0.389. The lowest BCUT2D eigenvalue weighted by atomic mass is 10.00. The van der Waals surface area contributed by atoms with Crippen molar-refractivity contribution in [2.75, 3.05) is 13.1 Å². The summed E-state index contributed by atoms with van der Waals surface area (Å²) < 4.78 is 2.26. The number of rotatable bonds is 4. The third kappa shape index (κ3) is 3.56. The minimum atomic E-state index is 0.000133. The molecule has 0 unspecified atom stereocenters. The first kappa shape index (κ1) is 17.6. The summed E-state index contributed by atoms with van der Waals surface area (Å²) in [6.45, 7) is 4.84. The number of thiocarbonyl (C=S) groups is 1. The SMILES string of the molecule is CCCCNC(=S)N1CCn2cccc2[C@H]1c1ccc(Cl)cc1Cl. The Morgan fingerprint density at radius 3 is 2.88 bits per heavy atom. The number of hydrogen-bond acceptors (Lipinski definition) is 1. The third-order valence-corrected chi connectivity index (χ3v) is 5.30. The van der Waals surface area contributed by atoms with E-state index in [1.807, 2.05) is 12.1 Å². The Kier molecular flexibility index (Phi) is 5.69. The molecule has 2 heterocycles. The Morgan fingerprint density at radius 2 is 2.12 bits per heavy atom. The molecule has 0 amide bonds. The first-order chi connectivity index (χ1) is 11.6. The van der Waals surface area contributed by atoms with Crippen molar-refractivity contribution in [3.8, 4) is 0 Å². The molecule has 6 heteroatoms. The van der Waals surface area contributed by atoms with Crippen LogP contribution in [0.4, 0.5) is 0 Å². The lowest BCUT2D eigenvalue weighted by Crippen LogP contribution is -2.47. The van der Waals surface area contributed by atoms with Gasteiger partial charge in [-0.2, -0.15) is 0 Å². The molecule has 24 heavy (non-hydrogen) atoms. The highest BCUT2D eigenvalue weighted by molar-refractivity contribution is 7.80. The van der Waals surface area contributed by atoms with Gasteiger partial charge in [-0.25, -0.2) is 0 Å². The van der Waals surface area contributed by atoms with E-state index in [1.165, 1.54) is 5.69 Å². The van der Waals surface area contributed by atoms with Gasteiger partial charge < -0.3 is 14.8 Å². The van der Waals surface area contributed by atoms with E-state index in [1.54, 1.807) is 6.07 Å². The van der Waals surface area contributed by atoms with E-state index >= 15 is 0 Å². The number of hydrogen-bond donors (Lipinski definition) is 1. The lowest BCUT2D eigenvalue weighted by Gasteiger charge is -2.39. The van der Waals surface area contributed by atoms with Crippen LogP contribution in [0.5, 0.6) is 0 Å². The fourth-order valence-corrected chi connectivity index (χ4v) is 3.94. The van der Waals surface area contributed by atoms with Crippen LogP contribution in [0.2, 0.25) is 10.0 Å². The normalized spacial score (nSPS) is 16.8. The van der Waals surface area contributed by atoms with Gasteiger partial charge in [-0.1, -0.05) is 42.6 Å². The van der Waals surface area contributed by atoms with E-state index in [2.05, 4.69) is 40.0 Å². The standard InChI is InChI=1S/C18H21Cl2N3S/c1-2-3-8-21-18(24)23-11-10-22-9-4-5-16(22)17(23)14-7-6-13(19)12-15(14)20/h4-7,9,12,17H,2-3,8,10-11H2,1H3,(H,21,24)/t17-/m1/s1. The molecular formula is C18H21Cl2N3S. The molecule has 1 aliphatic heterocycles. The van der Waals surface area contributed by atoms with Gasteiger partial charge in [-0.3, -0.25) is 0 Å². The maximum atomic E-state index is 6.51. The highest BCUT2D eigenvalue weighted by atomic mass is 35.5. The van der Waals surface area contributed by atoms with Gasteiger partial charge in [0.05, 0.1) is 6.04 Å². The minimum absolute atomic E-state index is 0.000133. The average molecular weight is 382 g/mol. The maximum Gasteiger partial charge on any atom is 0.169 e. The van der Waals surface area contributed by atoms with Crippen molar-refractivity contribution in [3.05, 3.63) is 57.8 Å². The molecule has 128 valence electrons. The smallest absolute Gasteiger partial charge is 0.169 e. The predicted octanol–water partition coefficient (Wildman–Crippen LogP) is 4.87. The molecular weight excluding hydrogens is 361 g/mol. The van der Waals surface area contributed by atoms with Gasteiger partial charge in [0.25, 0.3) is 0 Å². The number of nitrogens with zero attached hydrogens (tertiary/aromatic N) is 2. The second-order valence-electron chi connectivity index (χ2n) is 5.97. The van der Waals surface area contributed by atoms with Crippen LogP contribution in [0, 0.1) is 0 Å². The zero-order chi connectivity index (χ0) is 17.1. The molecule has 1 atom stereocenters. The molecule has 0 saturated carbocycles. The number of halogens is 2. The Balaban J connectivity index is 1.95. The first-order valence-electron chi connectivity index (χ1n) is 8.26. The lowest BCUT2D eigenvalue weighted by molar-refractivity contribution is 0.286. The molecule has 3 nitrogen and oxygen atoms in total. The van der Waals surface area contributed by atoms with E-state index in [0.29, 0.717) is 10.0 Å². The molecule has 0 aliphatic carbocycles. The highest BCUT2D eigenvalue weighted by Crippen LogP contribution is 2.37. The van der Waals surface area contributed by atoms with Crippen molar-refractivity contribution in [3.63, 3.8) is 0 Å². The zero-order valence-corrected chi connectivity index (χ0v) is 16.0. The summed E-state index contributed by atoms with van der Waals surface area (Å²) in [5, 5.41) is 5.48. The third-order valence-electron chi connectivity index (χ3n) is 4.36. The van der Waals surface area contributed by atoms with Crippen molar-refractivity contribution in [2.24, 2.45) is 0 Å². The van der Waals surface area contributed by atoms with E-state index in [9.17, 15) is 0 Å². The molecule has 1 aromatic heterocycles. The number of nitrogens with one attached hydrogen (secondary N) is 1. The van der Waals surface area contributed by atoms with Crippen molar-refractivity contribution >= 4 is 40.5 Å². The van der Waals surface area contributed by atoms with Gasteiger partial charge in [0.1, 0.15) is 0 Å². The van der Waals surface area contributed by atoms with Gasteiger partial charge in [-0.05, 0) is 48.5 Å². The summed E-state index contributed by atoms with van der Waals surface area (Å²) in [4.78, 5) is 2.23. The van der Waals surface area contributed by atoms with E-state index in [-0.39, 0.29) is 6.04 Å². The largest absolute Gasteiger partial charge is 0.363 e. The monoisotopic (exact) mass is 381 g/mol. The Morgan fingerprint density at radius 1 is 1.29 bits per heavy atom. The van der Waals surface area contributed by atoms with E-state index < -0.39 is 0 Å². The van der Waals surface area contributed by atoms with Crippen LogP contribution in [0.25, 0.3) is 0 Å². The molecule has 1 N–H and O–H groups in total. The summed E-state index contributed by atoms with van der Waals surface area (Å²) in [7, 11) is 0. The molecule has 1 aliphatic rings. The number of unbranched alkanes of at least 4 members (excludes halogenated alkanes) is 1. The summed E-state index contributed by atoms with van der Waals surface area (Å²) in [6.07, 6.45) is 4.36. The Hall–Kier alpha value is -1.23. The average Bonchev–Trinajstić information content (AvgIpc) is 3.03. The molecule has 0 radical (unpaired) electrons. The summed E-state index contributed by atoms with van der Waals surface area (Å²) in [6, 6.07) is 9.89. The van der Waals surface area contributed by atoms with Gasteiger partial charge >= 0.3 is 0 Å². The zero-order valence-electron chi connectivity index (χ0n) is 13.6. The van der Waals surface area contributed by atoms with Crippen LogP contribution in [0.1, 0.15) is 37.1 Å². The van der Waals surface area contributed by atoms with Crippen molar-refractivity contribution in [2.45, 2.75) is 32.4 Å². The van der Waals surface area contributed by atoms with Crippen molar-refractivity contribution in [1.29, 1.82) is 0 Å². The van der Waals surface area contributed by atoms with Crippen LogP contribution in [0.3, 0.4) is 0 Å². The van der Waals surface area contributed by atoms with Gasteiger partial charge in [0.15, 0.2) is 5.11 Å². The second-order valence-corrected chi connectivity index (χ2v) is 7.20. The second kappa shape index (κ2) is 7.77. The molecule has 0 bridgehead atoms. The number of fused-ring (bicyclic) bond motifs is 1. The number of benzene rings is 1. The van der Waals surface area contributed by atoms with Crippen LogP contribution in [-0.2, 0) is 6.54 Å². The maximum absolute atomic E-state index is 6.51. The van der Waals surface area contributed by atoms with E-state index in [0.717, 1.165) is 43.2 Å². The topological polar surface area (TPSA) is 20.2 Å². The number of aromatic nitrogens is 1. The minimum Gasteiger partial charge on any atom is -0.363 e. The van der Waals surface area contributed by atoms with Gasteiger partial charge in [-0.15, -0.1) is 0 Å². The fourth-order valence-electron chi connectivity index (χ4n) is 3.13. The Bertz CT molecular complexity index is 729. The van der Waals surface area contributed by atoms with Crippen LogP contribution < -0.4 is 5.32 Å². The predicted molar refractivity (Wildman–Crippen MR) is 105 cm³/mol. The summed E-state index contributed by atoms with van der Waals surface area (Å²) in [5.41, 5.74) is 2.23. The summed E-state index contributed by atoms with van der Waals surface area (Å²) >= 11 is 18.3. The molecule has 3 rings (SSSR count). The van der Waals surface area contributed by atoms with Gasteiger partial charge in [0.2, 0.25) is 0 Å². The molecule has 0 spiro atoms.